The maximum atomic E-state index is 15.5. The molecule has 0 saturated heterocycles. The van der Waals surface area contributed by atoms with Gasteiger partial charge < -0.3 is 28.4 Å². The van der Waals surface area contributed by atoms with E-state index < -0.39 is 58.2 Å². The van der Waals surface area contributed by atoms with Crippen molar-refractivity contribution in [1.82, 2.24) is 0 Å². The van der Waals surface area contributed by atoms with E-state index in [-0.39, 0.29) is 143 Å². The molecule has 0 amide bonds. The minimum Gasteiger partial charge on any atom is -0.457 e. The van der Waals surface area contributed by atoms with E-state index in [9.17, 15) is 40.2 Å². The van der Waals surface area contributed by atoms with E-state index in [2.05, 4.69) is 0 Å². The van der Waals surface area contributed by atoms with Crippen LogP contribution in [0.5, 0.6) is 11.5 Å². The van der Waals surface area contributed by atoms with Crippen molar-refractivity contribution in [2.24, 2.45) is 0 Å². The van der Waals surface area contributed by atoms with E-state index in [1.165, 1.54) is 48.6 Å². The molecule has 94 heavy (non-hydrogen) atoms. The summed E-state index contributed by atoms with van der Waals surface area (Å²) in [4.78, 5) is 120. The first-order valence-electron chi connectivity index (χ1n) is 28.4. The number of benzene rings is 6. The Morgan fingerprint density at radius 3 is 0.904 bits per heavy atom. The summed E-state index contributed by atoms with van der Waals surface area (Å²) in [5.41, 5.74) is -5.33. The van der Waals surface area contributed by atoms with Crippen LogP contribution in [-0.4, -0.2) is 47.0 Å². The second-order valence-corrected chi connectivity index (χ2v) is 25.8. The van der Waals surface area contributed by atoms with Crippen molar-refractivity contribution < 1.29 is 66.8 Å². The lowest BCUT2D eigenvalue weighted by Gasteiger charge is -2.33. The third-order valence-corrected chi connectivity index (χ3v) is 20.9. The number of esters is 4. The average molecular weight is 1310 g/mol. The Balaban J connectivity index is 0.974. The number of fused-ring (bicyclic) bond motifs is 11. The molecule has 2 aliphatic carbocycles. The molecule has 0 unspecified atom stereocenters. The van der Waals surface area contributed by atoms with Crippen molar-refractivity contribution in [3.63, 3.8) is 0 Å². The van der Waals surface area contributed by atoms with Crippen LogP contribution in [0.2, 0.25) is 0 Å². The maximum Gasteiger partial charge on any atom is 0.367 e. The Hall–Kier alpha value is -12.0. The molecular weight excluding hydrogens is 1270 g/mol. The zero-order valence-electron chi connectivity index (χ0n) is 48.1. The number of nitriles is 4. The molecule has 0 radical (unpaired) electrons. The van der Waals surface area contributed by atoms with E-state index in [0.29, 0.717) is 22.3 Å². The highest BCUT2D eigenvalue weighted by Crippen LogP contribution is 2.65. The minimum absolute atomic E-state index is 0.0869. The van der Waals surface area contributed by atoms with Gasteiger partial charge in [-0.1, -0.05) is 121 Å². The zero-order chi connectivity index (χ0) is 65.2. The number of allylic oxidation sites excluding steroid dienone is 2. The van der Waals surface area contributed by atoms with Gasteiger partial charge in [-0.05, 0) is 70.8 Å². The lowest BCUT2D eigenvalue weighted by Crippen LogP contribution is -2.52. The molecule has 0 N–H and O–H groups in total. The minimum atomic E-state index is -2.83. The fourth-order valence-corrected chi connectivity index (χ4v) is 16.5. The SMILES string of the molecule is N#Cc1cc2c(cc1C#N)C(=O)C(=Cc1cc3c(s1)-c1sc4c5c(sc4c1OC3(C(=O)OCc1ccccc1)C(=O)OCc1ccccc1)-c1sc(C=C3C(=O)c4cc(C#N)c(C#N)cc4C3=O)cc1C(C(=O)OCc1ccccc1)(C(=O)OCc1ccccc1)O5)C2=O. The van der Waals surface area contributed by atoms with Crippen molar-refractivity contribution in [3.8, 4) is 55.3 Å². The number of carbonyl (C=O) groups is 8. The number of thiophene rings is 4. The Morgan fingerprint density at radius 2 is 0.649 bits per heavy atom. The highest BCUT2D eigenvalue weighted by atomic mass is 32.1. The zero-order valence-corrected chi connectivity index (χ0v) is 51.4. The molecule has 2 aliphatic heterocycles. The number of hydrogen-bond donors (Lipinski definition) is 0. The van der Waals surface area contributed by atoms with Gasteiger partial charge >= 0.3 is 35.1 Å². The molecule has 10 aromatic rings. The van der Waals surface area contributed by atoms with Crippen LogP contribution in [0, 0.1) is 45.3 Å². The van der Waals surface area contributed by atoms with E-state index >= 15 is 19.2 Å². The number of rotatable bonds is 14. The smallest absolute Gasteiger partial charge is 0.367 e. The van der Waals surface area contributed by atoms with Gasteiger partial charge in [0.15, 0.2) is 34.6 Å². The predicted molar refractivity (Wildman–Crippen MR) is 341 cm³/mol. The highest BCUT2D eigenvalue weighted by Gasteiger charge is 2.62. The second kappa shape index (κ2) is 23.7. The molecule has 0 saturated carbocycles. The topological polar surface area (TPSA) is 287 Å². The van der Waals surface area contributed by atoms with Gasteiger partial charge in [0, 0.05) is 43.1 Å². The molecule has 4 aliphatic rings. The molecular formula is C72H36N4O14S4. The fraction of sp³-hybridized carbons (Fsp3) is 0.0833. The summed E-state index contributed by atoms with van der Waals surface area (Å²) in [6.07, 6.45) is 2.56. The van der Waals surface area contributed by atoms with Crippen LogP contribution in [0.4, 0.5) is 0 Å². The summed E-state index contributed by atoms with van der Waals surface area (Å²) in [7, 11) is 0. The summed E-state index contributed by atoms with van der Waals surface area (Å²) in [6.45, 7) is -1.43. The van der Waals surface area contributed by atoms with E-state index in [0.717, 1.165) is 45.3 Å². The molecule has 452 valence electrons. The lowest BCUT2D eigenvalue weighted by molar-refractivity contribution is -0.185. The van der Waals surface area contributed by atoms with Crippen LogP contribution in [-0.2, 0) is 75.8 Å². The van der Waals surface area contributed by atoms with E-state index in [1.807, 2.05) is 24.3 Å². The molecule has 0 atom stereocenters. The second-order valence-electron chi connectivity index (χ2n) is 21.5. The van der Waals surface area contributed by atoms with E-state index in [1.54, 1.807) is 121 Å². The Kier molecular flexibility index (Phi) is 15.0. The van der Waals surface area contributed by atoms with Gasteiger partial charge in [-0.3, -0.25) is 19.2 Å². The Bertz CT molecular complexity index is 4720. The van der Waals surface area contributed by atoms with Gasteiger partial charge in [-0.25, -0.2) is 19.2 Å². The van der Waals surface area contributed by atoms with Crippen molar-refractivity contribution >= 4 is 114 Å². The predicted octanol–water partition coefficient (Wildman–Crippen LogP) is 13.0. The van der Waals surface area contributed by atoms with Crippen molar-refractivity contribution in [2.45, 2.75) is 37.6 Å². The summed E-state index contributed by atoms with van der Waals surface area (Å²) in [6, 6.07) is 49.6. The van der Waals surface area contributed by atoms with Crippen molar-refractivity contribution in [3.05, 3.63) is 257 Å². The first-order valence-corrected chi connectivity index (χ1v) is 31.6. The third kappa shape index (κ3) is 9.77. The van der Waals surface area contributed by atoms with Crippen LogP contribution in [0.25, 0.3) is 41.1 Å². The van der Waals surface area contributed by atoms with Crippen LogP contribution < -0.4 is 9.47 Å². The Morgan fingerprint density at radius 1 is 0.383 bits per heavy atom. The summed E-state index contributed by atoms with van der Waals surface area (Å²) in [5, 5.41) is 39.3. The summed E-state index contributed by atoms with van der Waals surface area (Å²) in [5.74, 6) is -8.10. The lowest BCUT2D eigenvalue weighted by atomic mass is 9.90. The molecule has 4 aromatic heterocycles. The van der Waals surface area contributed by atoms with E-state index in [4.69, 9.17) is 28.4 Å². The number of nitrogens with zero attached hydrogens (tertiary/aromatic N) is 4. The fourth-order valence-electron chi connectivity index (χ4n) is 11.3. The molecule has 14 rings (SSSR count). The molecule has 0 fully saturated rings. The molecule has 0 spiro atoms. The van der Waals surface area contributed by atoms with Crippen LogP contribution in [0.15, 0.2) is 169 Å². The van der Waals surface area contributed by atoms with Gasteiger partial charge in [0.2, 0.25) is 0 Å². The normalized spacial score (nSPS) is 14.0. The van der Waals surface area contributed by atoms with Gasteiger partial charge in [-0.2, -0.15) is 21.0 Å². The molecule has 6 heterocycles. The first-order chi connectivity index (χ1) is 45.7. The number of ether oxygens (including phenoxy) is 6. The Labute approximate surface area is 547 Å². The quantitative estimate of drug-likeness (QED) is 0.0321. The highest BCUT2D eigenvalue weighted by molar-refractivity contribution is 7.35. The largest absolute Gasteiger partial charge is 0.457 e. The standard InChI is InChI=1S/C72H36N4O14S4/c73-29-41-21-47-48(22-42(41)30-74)56(78)51(55(47)77)25-45-27-53-61(91-45)63-59(89-71(53,67(81)85-33-37-13-5-1-6-14-37)68(82)86-34-38-15-7-2-8-16-38)65-66(93-63)60-64(94-65)62-54(28-46(92-62)26-52-57(79)49-23-43(31-75)44(32-76)24-50(49)58(52)80)72(90-60,69(83)87-35-39-17-9-3-10-18-39)70(84)88-36-40-19-11-4-12-20-40/h1-28H,33-36H2. The number of hydrogen-bond acceptors (Lipinski definition) is 22. The van der Waals surface area contributed by atoms with Crippen LogP contribution in [0.1, 0.15) is 107 Å². The maximum absolute atomic E-state index is 15.5. The van der Waals surface area contributed by atoms with Crippen molar-refractivity contribution in [2.75, 3.05) is 0 Å². The average Bonchev–Trinajstić information content (AvgIpc) is 1.52. The van der Waals surface area contributed by atoms with Gasteiger partial charge in [0.05, 0.1) is 62.3 Å². The molecule has 6 aromatic carbocycles. The molecule has 22 heteroatoms. The summed E-state index contributed by atoms with van der Waals surface area (Å²) < 4.78 is 38.7. The monoisotopic (exact) mass is 1310 g/mol. The summed E-state index contributed by atoms with van der Waals surface area (Å²) >= 11 is 3.97. The van der Waals surface area contributed by atoms with Crippen LogP contribution >= 0.6 is 45.3 Å². The van der Waals surface area contributed by atoms with Gasteiger partial charge in [-0.15, -0.1) is 45.3 Å². The van der Waals surface area contributed by atoms with Gasteiger partial charge in [0.25, 0.3) is 0 Å². The third-order valence-electron chi connectivity index (χ3n) is 16.0. The number of ketones is 4. The van der Waals surface area contributed by atoms with Gasteiger partial charge in [0.1, 0.15) is 50.7 Å². The molecule has 18 nitrogen and oxygen atoms in total. The van der Waals surface area contributed by atoms with Crippen molar-refractivity contribution in [1.29, 1.82) is 21.0 Å². The molecule has 0 bridgehead atoms. The van der Waals surface area contributed by atoms with Crippen LogP contribution in [0.3, 0.4) is 0 Å². The number of Topliss-reactive ketones (excluding diaryl/α,β-unsaturated/α-hetero) is 4. The first kappa shape index (κ1) is 59.6. The number of carbonyl (C=O) groups excluding carboxylic acids is 8.